The number of carbonyl (C=O) groups is 1. The van der Waals surface area contributed by atoms with E-state index in [0.717, 1.165) is 13.2 Å². The second-order valence-corrected chi connectivity index (χ2v) is 5.63. The molecule has 1 aliphatic rings. The Morgan fingerprint density at radius 2 is 1.95 bits per heavy atom. The first-order valence-electron chi connectivity index (χ1n) is 6.72. The largest absolute Gasteiger partial charge is 0.466 e. The Labute approximate surface area is 126 Å². The maximum atomic E-state index is 12.9. The predicted molar refractivity (Wildman–Crippen MR) is 72.4 cm³/mol. The summed E-state index contributed by atoms with van der Waals surface area (Å²) >= 11 is 0. The highest BCUT2D eigenvalue weighted by atomic mass is 19.4. The fourth-order valence-electron chi connectivity index (χ4n) is 2.26. The van der Waals surface area contributed by atoms with Crippen LogP contribution >= 0.6 is 0 Å². The Morgan fingerprint density at radius 3 is 2.27 bits per heavy atom. The van der Waals surface area contributed by atoms with Crippen LogP contribution in [0.1, 0.15) is 26.7 Å². The van der Waals surface area contributed by atoms with E-state index in [1.54, 1.807) is 13.8 Å². The van der Waals surface area contributed by atoms with Crippen molar-refractivity contribution in [2.75, 3.05) is 7.11 Å². The SMILES string of the molecule is COC(=O)C=C(C=CC(O)(C(C)C)C1(C#N)CC1)C(F)(F)F. The Bertz CT molecular complexity index is 539. The van der Waals surface area contributed by atoms with Crippen molar-refractivity contribution in [1.82, 2.24) is 0 Å². The lowest BCUT2D eigenvalue weighted by atomic mass is 9.76. The molecule has 1 aliphatic carbocycles. The molecule has 22 heavy (non-hydrogen) atoms. The molecule has 0 heterocycles. The molecule has 0 aromatic heterocycles. The van der Waals surface area contributed by atoms with Crippen LogP contribution in [0.25, 0.3) is 0 Å². The highest BCUT2D eigenvalue weighted by Crippen LogP contribution is 2.57. The number of esters is 1. The summed E-state index contributed by atoms with van der Waals surface area (Å²) < 4.78 is 42.9. The summed E-state index contributed by atoms with van der Waals surface area (Å²) in [5.41, 5.74) is -4.01. The highest BCUT2D eigenvalue weighted by Gasteiger charge is 2.59. The monoisotopic (exact) mass is 317 g/mol. The van der Waals surface area contributed by atoms with Crippen LogP contribution < -0.4 is 0 Å². The van der Waals surface area contributed by atoms with Crippen LogP contribution in [0.4, 0.5) is 13.2 Å². The van der Waals surface area contributed by atoms with E-state index in [9.17, 15) is 28.3 Å². The van der Waals surface area contributed by atoms with Crippen molar-refractivity contribution >= 4 is 5.97 Å². The molecule has 1 fully saturated rings. The van der Waals surface area contributed by atoms with Gasteiger partial charge < -0.3 is 9.84 Å². The Morgan fingerprint density at radius 1 is 1.41 bits per heavy atom. The summed E-state index contributed by atoms with van der Waals surface area (Å²) in [5, 5.41) is 19.9. The minimum atomic E-state index is -4.77. The maximum absolute atomic E-state index is 12.9. The van der Waals surface area contributed by atoms with Crippen LogP contribution in [0, 0.1) is 22.7 Å². The third kappa shape index (κ3) is 3.50. The topological polar surface area (TPSA) is 70.3 Å². The lowest BCUT2D eigenvalue weighted by Crippen LogP contribution is -2.42. The van der Waals surface area contributed by atoms with Gasteiger partial charge in [0.25, 0.3) is 0 Å². The molecular weight excluding hydrogens is 299 g/mol. The summed E-state index contributed by atoms with van der Waals surface area (Å²) in [6, 6.07) is 2.00. The van der Waals surface area contributed by atoms with Crippen LogP contribution in [0.15, 0.2) is 23.8 Å². The van der Waals surface area contributed by atoms with E-state index in [1.807, 2.05) is 6.07 Å². The van der Waals surface area contributed by atoms with Crippen LogP contribution in [0.5, 0.6) is 0 Å². The van der Waals surface area contributed by atoms with Gasteiger partial charge in [-0.25, -0.2) is 4.79 Å². The lowest BCUT2D eigenvalue weighted by Gasteiger charge is -2.33. The number of hydrogen-bond donors (Lipinski definition) is 1. The molecule has 0 aromatic carbocycles. The molecule has 0 aromatic rings. The van der Waals surface area contributed by atoms with Crippen LogP contribution in [-0.2, 0) is 9.53 Å². The summed E-state index contributed by atoms with van der Waals surface area (Å²) in [4.78, 5) is 11.0. The van der Waals surface area contributed by atoms with E-state index >= 15 is 0 Å². The molecule has 0 amide bonds. The number of methoxy groups -OCH3 is 1. The normalized spacial score (nSPS) is 20.6. The molecule has 0 radical (unpaired) electrons. The number of aliphatic hydroxyl groups is 1. The van der Waals surface area contributed by atoms with Crippen molar-refractivity contribution in [1.29, 1.82) is 5.26 Å². The van der Waals surface area contributed by atoms with Crippen LogP contribution in [-0.4, -0.2) is 30.0 Å². The molecule has 122 valence electrons. The van der Waals surface area contributed by atoms with Gasteiger partial charge in [-0.3, -0.25) is 0 Å². The Balaban J connectivity index is 3.21. The number of nitriles is 1. The number of carbonyl (C=O) groups excluding carboxylic acids is 1. The van der Waals surface area contributed by atoms with Gasteiger partial charge in [-0.05, 0) is 18.8 Å². The van der Waals surface area contributed by atoms with Gasteiger partial charge in [0.05, 0.1) is 24.2 Å². The number of alkyl halides is 3. The molecule has 1 saturated carbocycles. The first kappa shape index (κ1) is 18.2. The van der Waals surface area contributed by atoms with Crippen LogP contribution in [0.3, 0.4) is 0 Å². The Hall–Kier alpha value is -1.81. The van der Waals surface area contributed by atoms with E-state index in [1.165, 1.54) is 0 Å². The molecule has 0 bridgehead atoms. The fourth-order valence-corrected chi connectivity index (χ4v) is 2.26. The van der Waals surface area contributed by atoms with Crippen molar-refractivity contribution in [2.24, 2.45) is 11.3 Å². The number of ether oxygens (including phenoxy) is 1. The average Bonchev–Trinajstić information content (AvgIpc) is 3.22. The van der Waals surface area contributed by atoms with Gasteiger partial charge in [0.1, 0.15) is 5.60 Å². The number of nitrogens with zero attached hydrogens (tertiary/aromatic N) is 1. The quantitative estimate of drug-likeness (QED) is 0.481. The molecule has 0 aliphatic heterocycles. The highest BCUT2D eigenvalue weighted by molar-refractivity contribution is 5.83. The minimum Gasteiger partial charge on any atom is -0.466 e. The average molecular weight is 317 g/mol. The third-order valence-corrected chi connectivity index (χ3v) is 3.93. The van der Waals surface area contributed by atoms with Gasteiger partial charge in [-0.1, -0.05) is 26.0 Å². The number of rotatable bonds is 5. The van der Waals surface area contributed by atoms with Gasteiger partial charge in [0.15, 0.2) is 0 Å². The van der Waals surface area contributed by atoms with Crippen molar-refractivity contribution < 1.29 is 27.8 Å². The van der Waals surface area contributed by atoms with Gasteiger partial charge in [-0.15, -0.1) is 0 Å². The van der Waals surface area contributed by atoms with Crippen molar-refractivity contribution in [3.05, 3.63) is 23.8 Å². The smallest absolute Gasteiger partial charge is 0.416 e. The molecule has 7 heteroatoms. The predicted octanol–water partition coefficient (Wildman–Crippen LogP) is 2.90. The van der Waals surface area contributed by atoms with E-state index < -0.39 is 34.7 Å². The van der Waals surface area contributed by atoms with Crippen LogP contribution in [0.2, 0.25) is 0 Å². The van der Waals surface area contributed by atoms with Gasteiger partial charge in [0, 0.05) is 6.08 Å². The fraction of sp³-hybridized carbons (Fsp3) is 0.600. The molecule has 1 rings (SSSR count). The maximum Gasteiger partial charge on any atom is 0.416 e. The minimum absolute atomic E-state index is 0.309. The summed E-state index contributed by atoms with van der Waals surface area (Å²) in [6.45, 7) is 3.25. The molecule has 1 N–H and O–H groups in total. The molecule has 1 unspecified atom stereocenters. The van der Waals surface area contributed by atoms with Gasteiger partial charge in [0.2, 0.25) is 0 Å². The van der Waals surface area contributed by atoms with Gasteiger partial charge >= 0.3 is 12.1 Å². The number of hydrogen-bond acceptors (Lipinski definition) is 4. The molecule has 0 spiro atoms. The molecule has 1 atom stereocenters. The second-order valence-electron chi connectivity index (χ2n) is 5.63. The summed E-state index contributed by atoms with van der Waals surface area (Å²) in [6.07, 6.45) is -2.02. The zero-order valence-electron chi connectivity index (χ0n) is 12.6. The number of allylic oxidation sites excluding steroid dienone is 2. The first-order valence-corrected chi connectivity index (χ1v) is 6.72. The molecular formula is C15H18F3NO3. The van der Waals surface area contributed by atoms with Crippen molar-refractivity contribution in [2.45, 2.75) is 38.5 Å². The lowest BCUT2D eigenvalue weighted by molar-refractivity contribution is -0.135. The van der Waals surface area contributed by atoms with E-state index in [-0.39, 0.29) is 0 Å². The molecule has 4 nitrogen and oxygen atoms in total. The summed E-state index contributed by atoms with van der Waals surface area (Å²) in [7, 11) is 0.968. The second kappa shape index (κ2) is 6.13. The Kier molecular flexibility index (Phi) is 5.08. The van der Waals surface area contributed by atoms with E-state index in [4.69, 9.17) is 0 Å². The van der Waals surface area contributed by atoms with Crippen molar-refractivity contribution in [3.63, 3.8) is 0 Å². The summed E-state index contributed by atoms with van der Waals surface area (Å²) in [5.74, 6) is -1.61. The standard InChI is InChI=1S/C15H18F3NO3/c1-10(2)14(21,13(9-19)6-7-13)5-4-11(15(16,17)18)8-12(20)22-3/h4-5,8,10,21H,6-7H2,1-3H3. The van der Waals surface area contributed by atoms with E-state index in [0.29, 0.717) is 25.0 Å². The van der Waals surface area contributed by atoms with Gasteiger partial charge in [-0.2, -0.15) is 18.4 Å². The number of halogens is 3. The zero-order valence-corrected chi connectivity index (χ0v) is 12.6. The first-order chi connectivity index (χ1) is 10.0. The molecule has 0 saturated heterocycles. The zero-order chi connectivity index (χ0) is 17.2. The third-order valence-electron chi connectivity index (χ3n) is 3.93. The van der Waals surface area contributed by atoms with E-state index in [2.05, 4.69) is 4.74 Å². The van der Waals surface area contributed by atoms with Crippen molar-refractivity contribution in [3.8, 4) is 6.07 Å².